The molecule has 0 unspecified atom stereocenters. The summed E-state index contributed by atoms with van der Waals surface area (Å²) in [6.07, 6.45) is 5.49. The lowest BCUT2D eigenvalue weighted by Gasteiger charge is -2.05. The molecule has 1 N–H and O–H groups in total. The first-order valence-corrected chi connectivity index (χ1v) is 5.26. The Morgan fingerprint density at radius 1 is 1.27 bits per heavy atom. The summed E-state index contributed by atoms with van der Waals surface area (Å²) in [7, 11) is 0. The van der Waals surface area contributed by atoms with Crippen LogP contribution < -0.4 is 5.32 Å². The van der Waals surface area contributed by atoms with Gasteiger partial charge in [-0.05, 0) is 42.5 Å². The second-order valence-corrected chi connectivity index (χ2v) is 4.19. The highest BCUT2D eigenvalue weighted by Gasteiger charge is 2.31. The summed E-state index contributed by atoms with van der Waals surface area (Å²) in [6, 6.07) is 6.15. The Balaban J connectivity index is 0.000000853. The van der Waals surface area contributed by atoms with Crippen LogP contribution in [0, 0.1) is 11.8 Å². The van der Waals surface area contributed by atoms with E-state index in [9.17, 15) is 0 Å². The lowest BCUT2D eigenvalue weighted by molar-refractivity contribution is 0.536. The number of nitrogens with one attached hydrogen (secondary N) is 1. The van der Waals surface area contributed by atoms with Crippen LogP contribution in [0.2, 0.25) is 0 Å². The van der Waals surface area contributed by atoms with Crippen LogP contribution in [0.1, 0.15) is 12.1 Å². The Bertz CT molecular complexity index is 361. The Hall–Kier alpha value is -0.860. The van der Waals surface area contributed by atoms with Gasteiger partial charge in [0.1, 0.15) is 0 Å². The van der Waals surface area contributed by atoms with E-state index < -0.39 is 0 Å². The molecule has 3 heteroatoms. The number of fused-ring (bicyclic) bond motifs is 1. The molecule has 2 nitrogen and oxygen atoms in total. The molecular formula is C12H15ClN2. The lowest BCUT2D eigenvalue weighted by atomic mass is 9.99. The van der Waals surface area contributed by atoms with E-state index in [-0.39, 0.29) is 12.4 Å². The van der Waals surface area contributed by atoms with Gasteiger partial charge < -0.3 is 5.32 Å². The third-order valence-electron chi connectivity index (χ3n) is 3.28. The Kier molecular flexibility index (Phi) is 3.08. The number of nitrogens with zero attached hydrogens (tertiary/aromatic N) is 1. The predicted molar refractivity (Wildman–Crippen MR) is 63.9 cm³/mol. The van der Waals surface area contributed by atoms with Crippen molar-refractivity contribution in [1.29, 1.82) is 0 Å². The third kappa shape index (κ3) is 1.92. The molecule has 2 atom stereocenters. The molecular weight excluding hydrogens is 208 g/mol. The van der Waals surface area contributed by atoms with Crippen molar-refractivity contribution in [2.24, 2.45) is 11.8 Å². The molecule has 0 bridgehead atoms. The van der Waals surface area contributed by atoms with Gasteiger partial charge in [-0.3, -0.25) is 4.98 Å². The van der Waals surface area contributed by atoms with Crippen LogP contribution in [0.4, 0.5) is 0 Å². The van der Waals surface area contributed by atoms with Crippen molar-refractivity contribution in [2.45, 2.75) is 6.42 Å². The number of pyridine rings is 1. The van der Waals surface area contributed by atoms with Gasteiger partial charge in [0.05, 0.1) is 5.69 Å². The molecule has 3 rings (SSSR count). The number of allylic oxidation sites excluding steroid dienone is 1. The van der Waals surface area contributed by atoms with Crippen molar-refractivity contribution in [3.05, 3.63) is 36.2 Å². The summed E-state index contributed by atoms with van der Waals surface area (Å²) >= 11 is 0. The van der Waals surface area contributed by atoms with Crippen molar-refractivity contribution in [3.63, 3.8) is 0 Å². The summed E-state index contributed by atoms with van der Waals surface area (Å²) in [5, 5.41) is 3.43. The fraction of sp³-hybridized carbons (Fsp3) is 0.417. The van der Waals surface area contributed by atoms with E-state index in [1.165, 1.54) is 24.2 Å². The van der Waals surface area contributed by atoms with Crippen LogP contribution in [-0.4, -0.2) is 18.1 Å². The van der Waals surface area contributed by atoms with E-state index in [4.69, 9.17) is 0 Å². The molecule has 0 saturated carbocycles. The zero-order chi connectivity index (χ0) is 9.38. The molecule has 1 fully saturated rings. The quantitative estimate of drug-likeness (QED) is 0.788. The highest BCUT2D eigenvalue weighted by molar-refractivity contribution is 5.85. The molecule has 2 aliphatic rings. The Morgan fingerprint density at radius 2 is 2.20 bits per heavy atom. The average Bonchev–Trinajstić information content (AvgIpc) is 2.78. The molecule has 0 spiro atoms. The van der Waals surface area contributed by atoms with Crippen molar-refractivity contribution in [1.82, 2.24) is 10.3 Å². The number of hydrogen-bond donors (Lipinski definition) is 1. The zero-order valence-electron chi connectivity index (χ0n) is 8.52. The van der Waals surface area contributed by atoms with Crippen LogP contribution >= 0.6 is 12.4 Å². The summed E-state index contributed by atoms with van der Waals surface area (Å²) in [5.74, 6) is 1.58. The van der Waals surface area contributed by atoms with Crippen LogP contribution in [0.3, 0.4) is 0 Å². The molecule has 1 saturated heterocycles. The van der Waals surface area contributed by atoms with Crippen molar-refractivity contribution >= 4 is 18.0 Å². The maximum Gasteiger partial charge on any atom is 0.0658 e. The number of hydrogen-bond acceptors (Lipinski definition) is 2. The van der Waals surface area contributed by atoms with E-state index >= 15 is 0 Å². The standard InChI is InChI=1S/C12H14N2.ClH/c1-2-4-14-12(3-1)9-5-10-7-13-8-11(10)6-9;/h1-5,10-11,13H,6-8H2;1H/t10-,11+;/m1./s1. The minimum absolute atomic E-state index is 0. The monoisotopic (exact) mass is 222 g/mol. The van der Waals surface area contributed by atoms with Gasteiger partial charge in [-0.1, -0.05) is 12.1 Å². The van der Waals surface area contributed by atoms with Gasteiger partial charge in [-0.2, -0.15) is 0 Å². The topological polar surface area (TPSA) is 24.9 Å². The van der Waals surface area contributed by atoms with Gasteiger partial charge in [0.2, 0.25) is 0 Å². The smallest absolute Gasteiger partial charge is 0.0658 e. The van der Waals surface area contributed by atoms with Gasteiger partial charge in [0, 0.05) is 12.7 Å². The second kappa shape index (κ2) is 4.33. The summed E-state index contributed by atoms with van der Waals surface area (Å²) in [5.41, 5.74) is 2.61. The van der Waals surface area contributed by atoms with Crippen molar-refractivity contribution in [3.8, 4) is 0 Å². The first-order valence-electron chi connectivity index (χ1n) is 5.26. The van der Waals surface area contributed by atoms with E-state index in [1.54, 1.807) is 0 Å². The Labute approximate surface area is 96.2 Å². The summed E-state index contributed by atoms with van der Waals surface area (Å²) in [6.45, 7) is 2.33. The first kappa shape index (κ1) is 10.7. The van der Waals surface area contributed by atoms with Gasteiger partial charge in [0.25, 0.3) is 0 Å². The molecule has 15 heavy (non-hydrogen) atoms. The van der Waals surface area contributed by atoms with Gasteiger partial charge >= 0.3 is 0 Å². The average molecular weight is 223 g/mol. The fourth-order valence-corrected chi connectivity index (χ4v) is 2.52. The first-order chi connectivity index (χ1) is 6.93. The largest absolute Gasteiger partial charge is 0.316 e. The number of halogens is 1. The van der Waals surface area contributed by atoms with Crippen molar-refractivity contribution in [2.75, 3.05) is 13.1 Å². The lowest BCUT2D eigenvalue weighted by Crippen LogP contribution is -2.09. The second-order valence-electron chi connectivity index (χ2n) is 4.19. The highest BCUT2D eigenvalue weighted by atomic mass is 35.5. The van der Waals surface area contributed by atoms with Gasteiger partial charge in [0.15, 0.2) is 0 Å². The molecule has 0 amide bonds. The van der Waals surface area contributed by atoms with Crippen LogP contribution in [-0.2, 0) is 0 Å². The normalized spacial score (nSPS) is 28.1. The molecule has 0 radical (unpaired) electrons. The maximum absolute atomic E-state index is 4.40. The summed E-state index contributed by atoms with van der Waals surface area (Å²) in [4.78, 5) is 4.40. The molecule has 2 heterocycles. The SMILES string of the molecule is C1=C(c2ccccn2)C[C@H]2CNC[C@@H]12.Cl. The molecule has 1 aliphatic carbocycles. The molecule has 1 aliphatic heterocycles. The number of rotatable bonds is 1. The van der Waals surface area contributed by atoms with E-state index in [2.05, 4.69) is 28.5 Å². The zero-order valence-corrected chi connectivity index (χ0v) is 9.33. The summed E-state index contributed by atoms with van der Waals surface area (Å²) < 4.78 is 0. The van der Waals surface area contributed by atoms with E-state index in [1.807, 2.05) is 12.3 Å². The van der Waals surface area contributed by atoms with E-state index in [0.29, 0.717) is 0 Å². The maximum atomic E-state index is 4.40. The van der Waals surface area contributed by atoms with Crippen LogP contribution in [0.25, 0.3) is 5.57 Å². The molecule has 1 aromatic rings. The predicted octanol–water partition coefficient (Wildman–Crippen LogP) is 2.13. The van der Waals surface area contributed by atoms with Gasteiger partial charge in [-0.25, -0.2) is 0 Å². The van der Waals surface area contributed by atoms with E-state index in [0.717, 1.165) is 18.4 Å². The van der Waals surface area contributed by atoms with Crippen LogP contribution in [0.15, 0.2) is 30.5 Å². The minimum atomic E-state index is 0. The highest BCUT2D eigenvalue weighted by Crippen LogP contribution is 2.37. The number of aromatic nitrogens is 1. The molecule has 80 valence electrons. The molecule has 0 aromatic carbocycles. The minimum Gasteiger partial charge on any atom is -0.316 e. The van der Waals surface area contributed by atoms with Crippen molar-refractivity contribution < 1.29 is 0 Å². The third-order valence-corrected chi connectivity index (χ3v) is 3.28. The Morgan fingerprint density at radius 3 is 2.93 bits per heavy atom. The molecule has 1 aromatic heterocycles. The fourth-order valence-electron chi connectivity index (χ4n) is 2.52. The van der Waals surface area contributed by atoms with Crippen LogP contribution in [0.5, 0.6) is 0 Å². The van der Waals surface area contributed by atoms with Gasteiger partial charge in [-0.15, -0.1) is 12.4 Å².